The van der Waals surface area contributed by atoms with Crippen LogP contribution in [0.5, 0.6) is 6.01 Å². The van der Waals surface area contributed by atoms with Crippen LogP contribution >= 0.6 is 0 Å². The number of hydrogen-bond donors (Lipinski definition) is 1. The molecule has 0 saturated heterocycles. The third kappa shape index (κ3) is 4.15. The van der Waals surface area contributed by atoms with Gasteiger partial charge in [0.25, 0.3) is 0 Å². The molecule has 0 radical (unpaired) electrons. The van der Waals surface area contributed by atoms with E-state index in [2.05, 4.69) is 52.7 Å². The molecule has 0 atom stereocenters. The highest BCUT2D eigenvalue weighted by molar-refractivity contribution is 5.98. The molecular formula is C32H33N5O3. The molecule has 2 aromatic carbocycles. The second-order valence-corrected chi connectivity index (χ2v) is 11.4. The highest BCUT2D eigenvalue weighted by atomic mass is 16.5. The maximum Gasteiger partial charge on any atom is 0.408 e. The molecular weight excluding hydrogens is 502 g/mol. The molecule has 1 aliphatic carbocycles. The summed E-state index contributed by atoms with van der Waals surface area (Å²) in [4.78, 5) is 19.2. The molecule has 6 rings (SSSR count). The van der Waals surface area contributed by atoms with Gasteiger partial charge in [-0.1, -0.05) is 59.7 Å². The quantitative estimate of drug-likeness (QED) is 0.248. The maximum absolute atomic E-state index is 12.4. The Labute approximate surface area is 233 Å². The fourth-order valence-electron chi connectivity index (χ4n) is 6.06. The van der Waals surface area contributed by atoms with Crippen LogP contribution in [0.1, 0.15) is 52.5 Å². The van der Waals surface area contributed by atoms with Gasteiger partial charge in [-0.15, -0.1) is 5.10 Å². The van der Waals surface area contributed by atoms with E-state index < -0.39 is 17.2 Å². The second kappa shape index (κ2) is 9.62. The van der Waals surface area contributed by atoms with Crippen LogP contribution in [0.25, 0.3) is 38.9 Å². The molecule has 40 heavy (non-hydrogen) atoms. The molecule has 0 unspecified atom stereocenters. The van der Waals surface area contributed by atoms with Gasteiger partial charge in [0.1, 0.15) is 0 Å². The van der Waals surface area contributed by atoms with Gasteiger partial charge >= 0.3 is 12.1 Å². The summed E-state index contributed by atoms with van der Waals surface area (Å²) in [6.07, 6.45) is 3.65. The van der Waals surface area contributed by atoms with E-state index in [0.29, 0.717) is 18.3 Å². The van der Waals surface area contributed by atoms with E-state index in [0.717, 1.165) is 58.1 Å². The predicted octanol–water partition coefficient (Wildman–Crippen LogP) is 7.17. The Morgan fingerprint density at radius 1 is 1.02 bits per heavy atom. The summed E-state index contributed by atoms with van der Waals surface area (Å²) in [5, 5.41) is 19.7. The van der Waals surface area contributed by atoms with Gasteiger partial charge in [0, 0.05) is 28.2 Å². The van der Waals surface area contributed by atoms with Crippen molar-refractivity contribution < 1.29 is 14.6 Å². The van der Waals surface area contributed by atoms with Crippen LogP contribution < -0.4 is 4.74 Å². The standard InChI is InChI=1S/C32H33N5O3/c1-5-40-29-35-34-28-25-20-24(21-10-7-6-8-11-21)27(33-26(25)16-19-36(28)29)22-12-14-23(15-13-22)32(17-9-18-32)37(30(38)39)31(2,3)4/h6-8,10-16,19-20H,5,9,17-18H2,1-4H3,(H,38,39). The van der Waals surface area contributed by atoms with Crippen molar-refractivity contribution >= 4 is 22.6 Å². The number of carbonyl (C=O) groups is 1. The van der Waals surface area contributed by atoms with Gasteiger partial charge in [-0.25, -0.2) is 9.78 Å². The fraction of sp³-hybridized carbons (Fsp3) is 0.312. The molecule has 3 aromatic heterocycles. The molecule has 8 nitrogen and oxygen atoms in total. The van der Waals surface area contributed by atoms with Crippen LogP contribution in [0.15, 0.2) is 72.9 Å². The van der Waals surface area contributed by atoms with Crippen LogP contribution in [-0.4, -0.2) is 47.8 Å². The third-order valence-corrected chi connectivity index (χ3v) is 7.86. The van der Waals surface area contributed by atoms with E-state index in [1.807, 2.05) is 62.6 Å². The number of aromatic nitrogens is 4. The number of amides is 1. The maximum atomic E-state index is 12.4. The summed E-state index contributed by atoms with van der Waals surface area (Å²) in [5.41, 5.74) is 5.34. The molecule has 0 aliphatic heterocycles. The average molecular weight is 536 g/mol. The van der Waals surface area contributed by atoms with E-state index in [1.165, 1.54) is 0 Å². The number of fused-ring (bicyclic) bond motifs is 3. The van der Waals surface area contributed by atoms with Crippen molar-refractivity contribution in [3.63, 3.8) is 0 Å². The number of rotatable bonds is 6. The largest absolute Gasteiger partial charge is 0.465 e. The fourth-order valence-corrected chi connectivity index (χ4v) is 6.06. The number of nitrogens with zero attached hydrogens (tertiary/aromatic N) is 5. The monoisotopic (exact) mass is 535 g/mol. The summed E-state index contributed by atoms with van der Waals surface area (Å²) in [6.45, 7) is 8.31. The van der Waals surface area contributed by atoms with Crippen molar-refractivity contribution in [1.82, 2.24) is 24.5 Å². The first-order chi connectivity index (χ1) is 19.2. The van der Waals surface area contributed by atoms with E-state index in [1.54, 1.807) is 4.90 Å². The lowest BCUT2D eigenvalue weighted by Gasteiger charge is -2.54. The summed E-state index contributed by atoms with van der Waals surface area (Å²) in [6, 6.07) is 23.0. The lowest BCUT2D eigenvalue weighted by molar-refractivity contribution is -0.0328. The minimum atomic E-state index is -0.883. The SMILES string of the molecule is CCOc1nnc2c3cc(-c4ccccc4)c(-c4ccc(C5(N(C(=O)O)C(C)(C)C)CCC5)cc4)nc3ccn12. The lowest BCUT2D eigenvalue weighted by atomic mass is 9.69. The Morgan fingerprint density at radius 2 is 1.75 bits per heavy atom. The van der Waals surface area contributed by atoms with Crippen molar-refractivity contribution in [2.45, 2.75) is 58.0 Å². The number of carboxylic acid groups (broad SMARTS) is 1. The molecule has 5 aromatic rings. The average Bonchev–Trinajstić information content (AvgIpc) is 3.33. The lowest BCUT2D eigenvalue weighted by Crippen LogP contribution is -2.60. The van der Waals surface area contributed by atoms with Gasteiger partial charge in [-0.05, 0) is 70.2 Å². The highest BCUT2D eigenvalue weighted by Gasteiger charge is 2.50. The van der Waals surface area contributed by atoms with Gasteiger partial charge in [0.15, 0.2) is 5.65 Å². The topological polar surface area (TPSA) is 92.9 Å². The summed E-state index contributed by atoms with van der Waals surface area (Å²) >= 11 is 0. The first kappa shape index (κ1) is 25.8. The number of hydrogen-bond acceptors (Lipinski definition) is 5. The normalized spacial score (nSPS) is 14.7. The Balaban J connectivity index is 1.49. The molecule has 1 N–H and O–H groups in total. The van der Waals surface area contributed by atoms with E-state index >= 15 is 0 Å². The minimum absolute atomic E-state index is 0.455. The van der Waals surface area contributed by atoms with Crippen LogP contribution in [0.2, 0.25) is 0 Å². The smallest absolute Gasteiger partial charge is 0.408 e. The Morgan fingerprint density at radius 3 is 2.35 bits per heavy atom. The van der Waals surface area contributed by atoms with E-state index in [-0.39, 0.29) is 0 Å². The van der Waals surface area contributed by atoms with Gasteiger partial charge in [-0.3, -0.25) is 9.30 Å². The molecule has 204 valence electrons. The van der Waals surface area contributed by atoms with E-state index in [9.17, 15) is 9.90 Å². The predicted molar refractivity (Wildman–Crippen MR) is 155 cm³/mol. The first-order valence-electron chi connectivity index (χ1n) is 13.7. The zero-order valence-electron chi connectivity index (χ0n) is 23.3. The molecule has 8 heteroatoms. The number of ether oxygens (including phenoxy) is 1. The number of pyridine rings is 2. The van der Waals surface area contributed by atoms with Gasteiger partial charge in [-0.2, -0.15) is 0 Å². The molecule has 0 bridgehead atoms. The van der Waals surface area contributed by atoms with Crippen molar-refractivity contribution in [3.8, 4) is 28.4 Å². The molecule has 3 heterocycles. The van der Waals surface area contributed by atoms with Crippen molar-refractivity contribution in [3.05, 3.63) is 78.5 Å². The highest BCUT2D eigenvalue weighted by Crippen LogP contribution is 2.50. The molecule has 1 saturated carbocycles. The zero-order chi connectivity index (χ0) is 28.1. The Bertz CT molecular complexity index is 1700. The third-order valence-electron chi connectivity index (χ3n) is 7.86. The van der Waals surface area contributed by atoms with Gasteiger partial charge in [0.05, 0.1) is 23.4 Å². The van der Waals surface area contributed by atoms with Gasteiger partial charge < -0.3 is 9.84 Å². The van der Waals surface area contributed by atoms with Crippen molar-refractivity contribution in [2.75, 3.05) is 6.61 Å². The van der Waals surface area contributed by atoms with E-state index in [4.69, 9.17) is 9.72 Å². The molecule has 1 aliphatic rings. The number of benzene rings is 2. The van der Waals surface area contributed by atoms with Crippen LogP contribution in [0, 0.1) is 0 Å². The van der Waals surface area contributed by atoms with Crippen LogP contribution in [-0.2, 0) is 5.54 Å². The Kier molecular flexibility index (Phi) is 6.21. The van der Waals surface area contributed by atoms with Crippen molar-refractivity contribution in [2.24, 2.45) is 0 Å². The molecule has 1 amide bonds. The minimum Gasteiger partial charge on any atom is -0.465 e. The van der Waals surface area contributed by atoms with Gasteiger partial charge in [0.2, 0.25) is 0 Å². The van der Waals surface area contributed by atoms with Crippen molar-refractivity contribution in [1.29, 1.82) is 0 Å². The first-order valence-corrected chi connectivity index (χ1v) is 13.7. The summed E-state index contributed by atoms with van der Waals surface area (Å²) in [5.74, 6) is 0. The molecule has 1 fully saturated rings. The molecule has 0 spiro atoms. The van der Waals surface area contributed by atoms with Crippen LogP contribution in [0.4, 0.5) is 4.79 Å². The second-order valence-electron chi connectivity index (χ2n) is 11.4. The summed E-state index contributed by atoms with van der Waals surface area (Å²) in [7, 11) is 0. The summed E-state index contributed by atoms with van der Waals surface area (Å²) < 4.78 is 7.50. The Hall–Kier alpha value is -4.46. The van der Waals surface area contributed by atoms with Crippen LogP contribution in [0.3, 0.4) is 0 Å². The zero-order valence-corrected chi connectivity index (χ0v) is 23.3.